The molecule has 0 amide bonds. The molecule has 1 aromatic heterocycles. The molecular weight excluding hydrogens is 414 g/mol. The van der Waals surface area contributed by atoms with Crippen LogP contribution in [-0.2, 0) is 26.9 Å². The summed E-state index contributed by atoms with van der Waals surface area (Å²) in [5.41, 5.74) is 2.45. The van der Waals surface area contributed by atoms with Gasteiger partial charge in [-0.05, 0) is 18.6 Å². The topological polar surface area (TPSA) is 73.7 Å². The van der Waals surface area contributed by atoms with Gasteiger partial charge in [0.05, 0.1) is 23.7 Å². The largest absolute Gasteiger partial charge is 0.480 e. The Balaban J connectivity index is 1.80. The van der Waals surface area contributed by atoms with Gasteiger partial charge >= 0.3 is 0 Å². The molecular formula is C23H33N3O4S. The van der Waals surface area contributed by atoms with E-state index in [1.165, 1.54) is 0 Å². The molecule has 31 heavy (non-hydrogen) atoms. The SMILES string of the molecule is CCCS(=O)(=O)N1CCC2(CC1)Oc1ccccc1-c1nc(C(C)C)n(CCOC)c12. The minimum Gasteiger partial charge on any atom is -0.480 e. The standard InChI is InChI=1S/C23H33N3O4S/c1-5-16-31(27,28)25-12-10-23(11-13-25)21-20(18-8-6-7-9-19(18)30-23)24-22(17(2)3)26(21)14-15-29-4/h6-9,17H,5,10-16H2,1-4H3. The molecule has 170 valence electrons. The van der Waals surface area contributed by atoms with Gasteiger partial charge in [0, 0.05) is 51.1 Å². The predicted octanol–water partition coefficient (Wildman–Crippen LogP) is 3.74. The third kappa shape index (κ3) is 3.90. The number of sulfonamides is 1. The van der Waals surface area contributed by atoms with Gasteiger partial charge < -0.3 is 14.0 Å². The van der Waals surface area contributed by atoms with E-state index in [4.69, 9.17) is 14.5 Å². The molecule has 0 atom stereocenters. The molecule has 2 aromatic rings. The van der Waals surface area contributed by atoms with Crippen LogP contribution in [-0.4, -0.2) is 54.8 Å². The lowest BCUT2D eigenvalue weighted by molar-refractivity contribution is 0.00553. The molecule has 2 aliphatic heterocycles. The number of hydrogen-bond acceptors (Lipinski definition) is 5. The van der Waals surface area contributed by atoms with Crippen molar-refractivity contribution in [1.29, 1.82) is 0 Å². The number of piperidine rings is 1. The Hall–Kier alpha value is -1.90. The van der Waals surface area contributed by atoms with Gasteiger partial charge in [0.25, 0.3) is 0 Å². The first-order chi connectivity index (χ1) is 14.8. The lowest BCUT2D eigenvalue weighted by Gasteiger charge is -2.44. The lowest BCUT2D eigenvalue weighted by Crippen LogP contribution is -2.50. The van der Waals surface area contributed by atoms with E-state index in [0.717, 1.165) is 28.5 Å². The van der Waals surface area contributed by atoms with Crippen LogP contribution in [0, 0.1) is 0 Å². The summed E-state index contributed by atoms with van der Waals surface area (Å²) < 4.78 is 41.3. The number of nitrogens with zero attached hydrogens (tertiary/aromatic N) is 3. The highest BCUT2D eigenvalue weighted by Gasteiger charge is 2.48. The molecule has 0 radical (unpaired) electrons. The fourth-order valence-corrected chi connectivity index (χ4v) is 6.34. The number of aromatic nitrogens is 2. The second kappa shape index (κ2) is 8.56. The molecule has 2 aliphatic rings. The summed E-state index contributed by atoms with van der Waals surface area (Å²) in [5, 5.41) is 0. The van der Waals surface area contributed by atoms with Crippen molar-refractivity contribution in [1.82, 2.24) is 13.9 Å². The van der Waals surface area contributed by atoms with Crippen molar-refractivity contribution >= 4 is 10.0 Å². The number of ether oxygens (including phenoxy) is 2. The van der Waals surface area contributed by atoms with Gasteiger partial charge in [-0.1, -0.05) is 32.9 Å². The van der Waals surface area contributed by atoms with Gasteiger partial charge in [-0.15, -0.1) is 0 Å². The van der Waals surface area contributed by atoms with Crippen LogP contribution >= 0.6 is 0 Å². The molecule has 0 unspecified atom stereocenters. The van der Waals surface area contributed by atoms with Crippen molar-refractivity contribution in [2.24, 2.45) is 0 Å². The number of benzene rings is 1. The zero-order valence-corrected chi connectivity index (χ0v) is 19.7. The predicted molar refractivity (Wildman–Crippen MR) is 121 cm³/mol. The molecule has 4 rings (SSSR count). The quantitative estimate of drug-likeness (QED) is 0.646. The fourth-order valence-electron chi connectivity index (χ4n) is 4.83. The van der Waals surface area contributed by atoms with Crippen molar-refractivity contribution in [3.8, 4) is 17.0 Å². The second-order valence-electron chi connectivity index (χ2n) is 8.77. The van der Waals surface area contributed by atoms with E-state index in [1.807, 2.05) is 25.1 Å². The fraction of sp³-hybridized carbons (Fsp3) is 0.609. The van der Waals surface area contributed by atoms with Crippen molar-refractivity contribution in [2.75, 3.05) is 32.6 Å². The van der Waals surface area contributed by atoms with E-state index in [-0.39, 0.29) is 11.7 Å². The zero-order chi connectivity index (χ0) is 22.2. The van der Waals surface area contributed by atoms with Crippen LogP contribution in [0.4, 0.5) is 0 Å². The number of para-hydroxylation sites is 1. The van der Waals surface area contributed by atoms with Crippen molar-refractivity contribution in [3.63, 3.8) is 0 Å². The van der Waals surface area contributed by atoms with Crippen molar-refractivity contribution < 1.29 is 17.9 Å². The van der Waals surface area contributed by atoms with Gasteiger partial charge in [0.15, 0.2) is 5.60 Å². The molecule has 0 bridgehead atoms. The van der Waals surface area contributed by atoms with Gasteiger partial charge in [0.2, 0.25) is 10.0 Å². The van der Waals surface area contributed by atoms with Crippen LogP contribution < -0.4 is 4.74 Å². The molecule has 0 N–H and O–H groups in total. The Labute approximate surface area is 185 Å². The molecule has 1 aromatic carbocycles. The molecule has 0 saturated carbocycles. The third-order valence-corrected chi connectivity index (χ3v) is 8.37. The number of methoxy groups -OCH3 is 1. The maximum atomic E-state index is 12.7. The second-order valence-corrected chi connectivity index (χ2v) is 10.9. The average molecular weight is 448 g/mol. The number of rotatable bonds is 7. The first-order valence-corrected chi connectivity index (χ1v) is 12.8. The van der Waals surface area contributed by atoms with Gasteiger partial charge in [-0.25, -0.2) is 17.7 Å². The van der Waals surface area contributed by atoms with E-state index in [9.17, 15) is 8.42 Å². The molecule has 3 heterocycles. The summed E-state index contributed by atoms with van der Waals surface area (Å²) in [6, 6.07) is 8.03. The average Bonchev–Trinajstić information content (AvgIpc) is 3.14. The lowest BCUT2D eigenvalue weighted by atomic mass is 9.83. The highest BCUT2D eigenvalue weighted by molar-refractivity contribution is 7.89. The van der Waals surface area contributed by atoms with E-state index >= 15 is 0 Å². The van der Waals surface area contributed by atoms with Gasteiger partial charge in [-0.2, -0.15) is 0 Å². The molecule has 1 saturated heterocycles. The van der Waals surface area contributed by atoms with Crippen LogP contribution in [0.2, 0.25) is 0 Å². The van der Waals surface area contributed by atoms with E-state index in [1.54, 1.807) is 11.4 Å². The smallest absolute Gasteiger partial charge is 0.214 e. The van der Waals surface area contributed by atoms with E-state index in [2.05, 4.69) is 24.5 Å². The minimum atomic E-state index is -3.22. The molecule has 1 spiro atoms. The zero-order valence-electron chi connectivity index (χ0n) is 18.9. The Morgan fingerprint density at radius 2 is 1.94 bits per heavy atom. The normalized spacial score (nSPS) is 18.1. The Bertz CT molecular complexity index is 1040. The summed E-state index contributed by atoms with van der Waals surface area (Å²) in [5.74, 6) is 2.28. The number of fused-ring (bicyclic) bond motifs is 4. The van der Waals surface area contributed by atoms with Crippen molar-refractivity contribution in [3.05, 3.63) is 35.8 Å². The Morgan fingerprint density at radius 1 is 1.23 bits per heavy atom. The van der Waals surface area contributed by atoms with E-state index < -0.39 is 15.6 Å². The van der Waals surface area contributed by atoms with E-state index in [0.29, 0.717) is 45.5 Å². The van der Waals surface area contributed by atoms with Crippen LogP contribution in [0.25, 0.3) is 11.3 Å². The first kappa shape index (κ1) is 22.3. The number of imidazole rings is 1. The maximum absolute atomic E-state index is 12.7. The highest BCUT2D eigenvalue weighted by atomic mass is 32.2. The summed E-state index contributed by atoms with van der Waals surface area (Å²) in [6.07, 6.45) is 1.83. The monoisotopic (exact) mass is 447 g/mol. The van der Waals surface area contributed by atoms with Crippen LogP contribution in [0.15, 0.2) is 24.3 Å². The van der Waals surface area contributed by atoms with Crippen LogP contribution in [0.3, 0.4) is 0 Å². The summed E-state index contributed by atoms with van der Waals surface area (Å²) >= 11 is 0. The molecule has 0 aliphatic carbocycles. The van der Waals surface area contributed by atoms with Crippen molar-refractivity contribution in [2.45, 2.75) is 58.1 Å². The summed E-state index contributed by atoms with van der Waals surface area (Å²) in [6.45, 7) is 8.38. The molecule has 8 heteroatoms. The van der Waals surface area contributed by atoms with Crippen LogP contribution in [0.5, 0.6) is 5.75 Å². The Kier molecular flexibility index (Phi) is 6.16. The summed E-state index contributed by atoms with van der Waals surface area (Å²) in [4.78, 5) is 5.09. The molecule has 7 nitrogen and oxygen atoms in total. The highest BCUT2D eigenvalue weighted by Crippen LogP contribution is 2.50. The minimum absolute atomic E-state index is 0.193. The summed E-state index contributed by atoms with van der Waals surface area (Å²) in [7, 11) is -1.52. The van der Waals surface area contributed by atoms with Gasteiger partial charge in [-0.3, -0.25) is 0 Å². The number of hydrogen-bond donors (Lipinski definition) is 0. The van der Waals surface area contributed by atoms with Crippen LogP contribution in [0.1, 0.15) is 57.5 Å². The molecule has 1 fully saturated rings. The maximum Gasteiger partial charge on any atom is 0.214 e. The first-order valence-electron chi connectivity index (χ1n) is 11.2. The third-order valence-electron chi connectivity index (χ3n) is 6.30. The Morgan fingerprint density at radius 3 is 2.58 bits per heavy atom. The van der Waals surface area contributed by atoms with Gasteiger partial charge in [0.1, 0.15) is 11.6 Å².